The van der Waals surface area contributed by atoms with E-state index in [1.54, 1.807) is 12.1 Å². The van der Waals surface area contributed by atoms with E-state index in [4.69, 9.17) is 0 Å². The third-order valence-electron chi connectivity index (χ3n) is 7.71. The smallest absolute Gasteiger partial charge is 0.220 e. The normalized spacial score (nSPS) is 15.2. The molecule has 2 amide bonds. The molecule has 42 heavy (non-hydrogen) atoms. The van der Waals surface area contributed by atoms with Crippen LogP contribution in [0.2, 0.25) is 0 Å². The van der Waals surface area contributed by atoms with E-state index in [1.807, 2.05) is 0 Å². The van der Waals surface area contributed by atoms with Crippen LogP contribution in [0, 0.1) is 0 Å². The minimum absolute atomic E-state index is 0.00148. The van der Waals surface area contributed by atoms with E-state index in [2.05, 4.69) is 20.4 Å². The topological polar surface area (TPSA) is 146 Å². The minimum Gasteiger partial charge on any atom is -0.504 e. The van der Waals surface area contributed by atoms with Crippen LogP contribution in [-0.4, -0.2) is 94.4 Å². The van der Waals surface area contributed by atoms with Gasteiger partial charge < -0.3 is 40.9 Å². The maximum atomic E-state index is 12.2. The Morgan fingerprint density at radius 3 is 1.33 bits per heavy atom. The predicted octanol–water partition coefficient (Wildman–Crippen LogP) is 3.27. The SMILES string of the molecule is O=C(CCc1ccc(O)c(O)c1)NCCCN1CCCCN(CCCNC(=O)CCc2ccc(O)c(O)c2)CCCC1. The van der Waals surface area contributed by atoms with Crippen molar-refractivity contribution in [1.82, 2.24) is 20.4 Å². The van der Waals surface area contributed by atoms with Gasteiger partial charge in [0.05, 0.1) is 0 Å². The molecule has 3 rings (SSSR count). The second kappa shape index (κ2) is 18.1. The van der Waals surface area contributed by atoms with Crippen LogP contribution in [-0.2, 0) is 22.4 Å². The molecule has 0 radical (unpaired) electrons. The summed E-state index contributed by atoms with van der Waals surface area (Å²) >= 11 is 0. The molecule has 0 aromatic heterocycles. The van der Waals surface area contributed by atoms with E-state index >= 15 is 0 Å². The number of rotatable bonds is 14. The summed E-state index contributed by atoms with van der Waals surface area (Å²) in [5, 5.41) is 43.9. The van der Waals surface area contributed by atoms with Crippen molar-refractivity contribution in [3.63, 3.8) is 0 Å². The van der Waals surface area contributed by atoms with E-state index in [-0.39, 0.29) is 34.8 Å². The molecular formula is C32H48N4O6. The van der Waals surface area contributed by atoms with Crippen molar-refractivity contribution < 1.29 is 30.0 Å². The molecule has 6 N–H and O–H groups in total. The summed E-state index contributed by atoms with van der Waals surface area (Å²) in [7, 11) is 0. The van der Waals surface area contributed by atoms with Crippen LogP contribution in [0.3, 0.4) is 0 Å². The standard InChI is InChI=1S/C32H48N4O6/c37-27-11-7-25(23-29(27)39)9-13-31(41)33-15-5-21-35-17-1-2-18-36(20-4-3-19-35)22-6-16-34-32(42)14-10-26-8-12-28(38)30(40)24-26/h7-8,11-12,23-24,37-40H,1-6,9-10,13-22H2,(H,33,41)(H,34,42). The van der Waals surface area contributed by atoms with Crippen molar-refractivity contribution in [3.8, 4) is 23.0 Å². The molecule has 0 aliphatic carbocycles. The van der Waals surface area contributed by atoms with Gasteiger partial charge in [0.1, 0.15) is 0 Å². The number of hydrogen-bond acceptors (Lipinski definition) is 8. The summed E-state index contributed by atoms with van der Waals surface area (Å²) in [4.78, 5) is 29.4. The van der Waals surface area contributed by atoms with Crippen LogP contribution in [0.4, 0.5) is 0 Å². The molecule has 10 heteroatoms. The zero-order chi connectivity index (χ0) is 30.2. The molecule has 1 heterocycles. The van der Waals surface area contributed by atoms with E-state index in [9.17, 15) is 30.0 Å². The number of aryl methyl sites for hydroxylation is 2. The fourth-order valence-electron chi connectivity index (χ4n) is 5.21. The van der Waals surface area contributed by atoms with E-state index in [1.165, 1.54) is 24.3 Å². The number of hydrogen-bond donors (Lipinski definition) is 6. The quantitative estimate of drug-likeness (QED) is 0.147. The van der Waals surface area contributed by atoms with Gasteiger partial charge in [0.15, 0.2) is 23.0 Å². The second-order valence-corrected chi connectivity index (χ2v) is 11.2. The summed E-state index contributed by atoms with van der Waals surface area (Å²) in [6.07, 6.45) is 8.16. The summed E-state index contributed by atoms with van der Waals surface area (Å²) in [5.74, 6) is -0.637. The van der Waals surface area contributed by atoms with Crippen molar-refractivity contribution in [2.24, 2.45) is 0 Å². The van der Waals surface area contributed by atoms with E-state index < -0.39 is 0 Å². The highest BCUT2D eigenvalue weighted by Crippen LogP contribution is 2.26. The van der Waals surface area contributed by atoms with Gasteiger partial charge in [0.25, 0.3) is 0 Å². The lowest BCUT2D eigenvalue weighted by atomic mass is 10.1. The molecule has 1 fully saturated rings. The summed E-state index contributed by atoms with van der Waals surface area (Å²) in [5.41, 5.74) is 1.64. The lowest BCUT2D eigenvalue weighted by Crippen LogP contribution is -2.35. The molecule has 0 atom stereocenters. The first-order valence-electron chi connectivity index (χ1n) is 15.3. The molecule has 2 aromatic rings. The average molecular weight is 585 g/mol. The molecule has 1 aliphatic heterocycles. The summed E-state index contributed by atoms with van der Waals surface area (Å²) in [6, 6.07) is 9.29. The van der Waals surface area contributed by atoms with E-state index in [0.29, 0.717) is 38.8 Å². The molecule has 0 saturated carbocycles. The van der Waals surface area contributed by atoms with Crippen molar-refractivity contribution in [3.05, 3.63) is 47.5 Å². The number of benzene rings is 2. The Bertz CT molecular complexity index is 1030. The number of nitrogens with zero attached hydrogens (tertiary/aromatic N) is 2. The van der Waals surface area contributed by atoms with Crippen LogP contribution in [0.1, 0.15) is 62.5 Å². The highest BCUT2D eigenvalue weighted by molar-refractivity contribution is 5.76. The first-order valence-corrected chi connectivity index (χ1v) is 15.3. The van der Waals surface area contributed by atoms with Crippen molar-refractivity contribution in [1.29, 1.82) is 0 Å². The van der Waals surface area contributed by atoms with E-state index in [0.717, 1.165) is 88.9 Å². The minimum atomic E-state index is -0.162. The number of carbonyl (C=O) groups is 2. The number of carbonyl (C=O) groups excluding carboxylic acids is 2. The average Bonchev–Trinajstić information content (AvgIpc) is 2.98. The molecule has 0 spiro atoms. The summed E-state index contributed by atoms with van der Waals surface area (Å²) in [6.45, 7) is 7.54. The molecule has 10 nitrogen and oxygen atoms in total. The van der Waals surface area contributed by atoms with Gasteiger partial charge in [0.2, 0.25) is 11.8 Å². The summed E-state index contributed by atoms with van der Waals surface area (Å²) < 4.78 is 0. The Hall–Kier alpha value is -3.50. The van der Waals surface area contributed by atoms with Gasteiger partial charge >= 0.3 is 0 Å². The largest absolute Gasteiger partial charge is 0.504 e. The lowest BCUT2D eigenvalue weighted by Gasteiger charge is -2.27. The number of aromatic hydroxyl groups is 4. The van der Waals surface area contributed by atoms with Gasteiger partial charge in [-0.3, -0.25) is 9.59 Å². The molecule has 0 unspecified atom stereocenters. The lowest BCUT2D eigenvalue weighted by molar-refractivity contribution is -0.121. The van der Waals surface area contributed by atoms with Gasteiger partial charge in [-0.2, -0.15) is 0 Å². The zero-order valence-corrected chi connectivity index (χ0v) is 24.7. The molecule has 0 bridgehead atoms. The molecule has 2 aromatic carbocycles. The highest BCUT2D eigenvalue weighted by Gasteiger charge is 2.12. The fourth-order valence-corrected chi connectivity index (χ4v) is 5.21. The van der Waals surface area contributed by atoms with Gasteiger partial charge in [-0.05, 0) is 126 Å². The van der Waals surface area contributed by atoms with Crippen LogP contribution in [0.5, 0.6) is 23.0 Å². The maximum absolute atomic E-state index is 12.2. The monoisotopic (exact) mass is 584 g/mol. The van der Waals surface area contributed by atoms with Crippen LogP contribution >= 0.6 is 0 Å². The number of phenols is 4. The Kier molecular flexibility index (Phi) is 14.2. The van der Waals surface area contributed by atoms with Crippen LogP contribution < -0.4 is 10.6 Å². The van der Waals surface area contributed by atoms with Gasteiger partial charge in [-0.1, -0.05) is 12.1 Å². The van der Waals surface area contributed by atoms with Gasteiger partial charge in [0, 0.05) is 25.9 Å². The molecule has 232 valence electrons. The molecule has 1 saturated heterocycles. The number of phenolic OH excluding ortho intramolecular Hbond substituents is 4. The van der Waals surface area contributed by atoms with Gasteiger partial charge in [-0.15, -0.1) is 0 Å². The fraction of sp³-hybridized carbons (Fsp3) is 0.562. The zero-order valence-electron chi connectivity index (χ0n) is 24.7. The Labute approximate surface area is 249 Å². The second-order valence-electron chi connectivity index (χ2n) is 11.2. The Balaban J connectivity index is 1.21. The third kappa shape index (κ3) is 12.6. The van der Waals surface area contributed by atoms with Crippen LogP contribution in [0.15, 0.2) is 36.4 Å². The molecular weight excluding hydrogens is 536 g/mol. The van der Waals surface area contributed by atoms with Crippen molar-refractivity contribution in [2.75, 3.05) is 52.4 Å². The Morgan fingerprint density at radius 2 is 0.976 bits per heavy atom. The molecule has 1 aliphatic rings. The van der Waals surface area contributed by atoms with Crippen molar-refractivity contribution >= 4 is 11.8 Å². The first kappa shape index (κ1) is 33.0. The van der Waals surface area contributed by atoms with Gasteiger partial charge in [-0.25, -0.2) is 0 Å². The first-order chi connectivity index (χ1) is 20.3. The number of nitrogens with one attached hydrogen (secondary N) is 2. The highest BCUT2D eigenvalue weighted by atomic mass is 16.3. The van der Waals surface area contributed by atoms with Crippen LogP contribution in [0.25, 0.3) is 0 Å². The Morgan fingerprint density at radius 1 is 0.595 bits per heavy atom. The van der Waals surface area contributed by atoms with Crippen molar-refractivity contribution in [2.45, 2.75) is 64.2 Å². The predicted molar refractivity (Wildman–Crippen MR) is 163 cm³/mol. The third-order valence-corrected chi connectivity index (χ3v) is 7.71. The maximum Gasteiger partial charge on any atom is 0.220 e. The number of amides is 2.